The van der Waals surface area contributed by atoms with E-state index in [1.54, 1.807) is 0 Å². The van der Waals surface area contributed by atoms with Gasteiger partial charge in [-0.05, 0) is 37.0 Å². The van der Waals surface area contributed by atoms with Crippen molar-refractivity contribution in [3.05, 3.63) is 66.0 Å². The second-order valence-electron chi connectivity index (χ2n) is 6.62. The third-order valence-corrected chi connectivity index (χ3v) is 4.83. The van der Waals surface area contributed by atoms with Crippen LogP contribution in [0.1, 0.15) is 37.1 Å². The highest BCUT2D eigenvalue weighted by Gasteiger charge is 2.17. The Labute approximate surface area is 143 Å². The predicted molar refractivity (Wildman–Crippen MR) is 99.3 cm³/mol. The number of aryl methyl sites for hydroxylation is 2. The first-order chi connectivity index (χ1) is 11.9. The second-order valence-corrected chi connectivity index (χ2v) is 6.62. The zero-order valence-corrected chi connectivity index (χ0v) is 13.9. The molecule has 122 valence electrons. The second kappa shape index (κ2) is 7.00. The predicted octanol–water partition coefficient (Wildman–Crippen LogP) is 4.77. The molecule has 1 N–H and O–H groups in total. The molecule has 0 aliphatic heterocycles. The lowest BCUT2D eigenvalue weighted by atomic mass is 10.1. The summed E-state index contributed by atoms with van der Waals surface area (Å²) in [6.45, 7) is 0. The average Bonchev–Trinajstić information content (AvgIpc) is 3.14. The van der Waals surface area contributed by atoms with Crippen molar-refractivity contribution < 1.29 is 0 Å². The van der Waals surface area contributed by atoms with E-state index in [0.29, 0.717) is 6.04 Å². The van der Waals surface area contributed by atoms with Crippen molar-refractivity contribution in [1.82, 2.24) is 9.97 Å². The van der Waals surface area contributed by atoms with Crippen LogP contribution in [0.5, 0.6) is 0 Å². The number of hydrogen-bond acceptors (Lipinski definition) is 3. The van der Waals surface area contributed by atoms with Crippen LogP contribution < -0.4 is 5.32 Å². The fraction of sp³-hybridized carbons (Fsp3) is 0.333. The van der Waals surface area contributed by atoms with Gasteiger partial charge in [-0.1, -0.05) is 55.3 Å². The largest absolute Gasteiger partial charge is 0.367 e. The smallest absolute Gasteiger partial charge is 0.137 e. The molecule has 1 fully saturated rings. The van der Waals surface area contributed by atoms with Gasteiger partial charge in [-0.15, -0.1) is 0 Å². The molecule has 0 unspecified atom stereocenters. The van der Waals surface area contributed by atoms with E-state index in [0.717, 1.165) is 35.4 Å². The first-order valence-electron chi connectivity index (χ1n) is 8.94. The number of hydrogen-bond donors (Lipinski definition) is 1. The van der Waals surface area contributed by atoms with Crippen LogP contribution in [0.3, 0.4) is 0 Å². The van der Waals surface area contributed by atoms with Gasteiger partial charge >= 0.3 is 0 Å². The fourth-order valence-corrected chi connectivity index (χ4v) is 3.51. The Balaban J connectivity index is 1.60. The molecule has 2 aromatic carbocycles. The molecule has 24 heavy (non-hydrogen) atoms. The minimum atomic E-state index is 0.560. The minimum absolute atomic E-state index is 0.560. The van der Waals surface area contributed by atoms with Crippen LogP contribution >= 0.6 is 0 Å². The lowest BCUT2D eigenvalue weighted by Crippen LogP contribution is -2.17. The zero-order valence-electron chi connectivity index (χ0n) is 13.9. The summed E-state index contributed by atoms with van der Waals surface area (Å²) in [5.74, 6) is 1.94. The Morgan fingerprint density at radius 3 is 2.42 bits per heavy atom. The molecular formula is C21H23N3. The van der Waals surface area contributed by atoms with Crippen LogP contribution in [0, 0.1) is 0 Å². The van der Waals surface area contributed by atoms with Crippen molar-refractivity contribution >= 4 is 16.7 Å². The fourth-order valence-electron chi connectivity index (χ4n) is 3.51. The van der Waals surface area contributed by atoms with Gasteiger partial charge in [-0.2, -0.15) is 0 Å². The number of fused-ring (bicyclic) bond motifs is 1. The summed E-state index contributed by atoms with van der Waals surface area (Å²) in [5.41, 5.74) is 2.37. The van der Waals surface area contributed by atoms with E-state index in [-0.39, 0.29) is 0 Å². The Kier molecular flexibility index (Phi) is 4.41. The van der Waals surface area contributed by atoms with Crippen molar-refractivity contribution in [2.75, 3.05) is 5.32 Å². The van der Waals surface area contributed by atoms with Crippen molar-refractivity contribution in [3.63, 3.8) is 0 Å². The van der Waals surface area contributed by atoms with E-state index >= 15 is 0 Å². The topological polar surface area (TPSA) is 37.8 Å². The normalized spacial score (nSPS) is 15.0. The molecule has 1 heterocycles. The Hall–Kier alpha value is -2.42. The standard InChI is InChI=1S/C21H23N3/c1-2-8-16(9-3-1)14-15-20-23-19-13-7-6-12-18(19)21(24-20)22-17-10-4-5-11-17/h1-3,6-9,12-13,17H,4-5,10-11,14-15H2,(H,22,23,24). The lowest BCUT2D eigenvalue weighted by Gasteiger charge is -2.15. The van der Waals surface area contributed by atoms with Gasteiger partial charge in [0.2, 0.25) is 0 Å². The molecule has 3 aromatic rings. The van der Waals surface area contributed by atoms with E-state index in [4.69, 9.17) is 9.97 Å². The number of para-hydroxylation sites is 1. The third kappa shape index (κ3) is 3.40. The summed E-state index contributed by atoms with van der Waals surface area (Å²) in [6.07, 6.45) is 6.98. The summed E-state index contributed by atoms with van der Waals surface area (Å²) >= 11 is 0. The van der Waals surface area contributed by atoms with Gasteiger partial charge in [0, 0.05) is 17.8 Å². The molecule has 0 atom stereocenters. The molecule has 0 radical (unpaired) electrons. The molecule has 1 aliphatic rings. The van der Waals surface area contributed by atoms with Crippen molar-refractivity contribution in [1.29, 1.82) is 0 Å². The molecule has 3 nitrogen and oxygen atoms in total. The number of benzene rings is 2. The summed E-state index contributed by atoms with van der Waals surface area (Å²) in [5, 5.41) is 4.80. The van der Waals surface area contributed by atoms with Gasteiger partial charge in [0.15, 0.2) is 0 Å². The minimum Gasteiger partial charge on any atom is -0.367 e. The first-order valence-corrected chi connectivity index (χ1v) is 8.94. The third-order valence-electron chi connectivity index (χ3n) is 4.83. The molecule has 1 aromatic heterocycles. The number of aromatic nitrogens is 2. The molecule has 0 spiro atoms. The van der Waals surface area contributed by atoms with Crippen LogP contribution in [0.2, 0.25) is 0 Å². The van der Waals surface area contributed by atoms with Gasteiger partial charge in [0.1, 0.15) is 11.6 Å². The van der Waals surface area contributed by atoms with Crippen molar-refractivity contribution in [3.8, 4) is 0 Å². The van der Waals surface area contributed by atoms with Gasteiger partial charge in [-0.25, -0.2) is 9.97 Å². The maximum absolute atomic E-state index is 4.86. The molecule has 0 bridgehead atoms. The SMILES string of the molecule is c1ccc(CCc2nc(NC3CCCC3)c3ccccc3n2)cc1. The van der Waals surface area contributed by atoms with Gasteiger partial charge in [0.25, 0.3) is 0 Å². The molecular weight excluding hydrogens is 294 g/mol. The van der Waals surface area contributed by atoms with Gasteiger partial charge in [-0.3, -0.25) is 0 Å². The summed E-state index contributed by atoms with van der Waals surface area (Å²) in [4.78, 5) is 9.63. The maximum atomic E-state index is 4.86. The van der Waals surface area contributed by atoms with E-state index in [1.807, 2.05) is 0 Å². The van der Waals surface area contributed by atoms with E-state index in [9.17, 15) is 0 Å². The Morgan fingerprint density at radius 1 is 0.833 bits per heavy atom. The maximum Gasteiger partial charge on any atom is 0.137 e. The van der Waals surface area contributed by atoms with Crippen LogP contribution in [0.4, 0.5) is 5.82 Å². The highest BCUT2D eigenvalue weighted by molar-refractivity contribution is 5.89. The molecule has 3 heteroatoms. The number of rotatable bonds is 5. The summed E-state index contributed by atoms with van der Waals surface area (Å²) < 4.78 is 0. The molecule has 4 rings (SSSR count). The molecule has 1 saturated carbocycles. The molecule has 0 saturated heterocycles. The van der Waals surface area contributed by atoms with Crippen LogP contribution in [-0.2, 0) is 12.8 Å². The van der Waals surface area contributed by atoms with Gasteiger partial charge < -0.3 is 5.32 Å². The number of anilines is 1. The highest BCUT2D eigenvalue weighted by Crippen LogP contribution is 2.26. The van der Waals surface area contributed by atoms with Crippen molar-refractivity contribution in [2.24, 2.45) is 0 Å². The molecule has 1 aliphatic carbocycles. The monoisotopic (exact) mass is 317 g/mol. The number of nitrogens with one attached hydrogen (secondary N) is 1. The highest BCUT2D eigenvalue weighted by atomic mass is 15.1. The van der Waals surface area contributed by atoms with Crippen LogP contribution in [0.25, 0.3) is 10.9 Å². The van der Waals surface area contributed by atoms with Crippen LogP contribution in [-0.4, -0.2) is 16.0 Å². The van der Waals surface area contributed by atoms with E-state index < -0.39 is 0 Å². The van der Waals surface area contributed by atoms with Crippen LogP contribution in [0.15, 0.2) is 54.6 Å². The quantitative estimate of drug-likeness (QED) is 0.736. The van der Waals surface area contributed by atoms with Crippen molar-refractivity contribution in [2.45, 2.75) is 44.6 Å². The Morgan fingerprint density at radius 2 is 1.58 bits per heavy atom. The zero-order chi connectivity index (χ0) is 16.2. The average molecular weight is 317 g/mol. The lowest BCUT2D eigenvalue weighted by molar-refractivity contribution is 0.748. The first kappa shape index (κ1) is 15.1. The van der Waals surface area contributed by atoms with E-state index in [2.05, 4.69) is 59.9 Å². The Bertz CT molecular complexity index is 808. The van der Waals surface area contributed by atoms with E-state index in [1.165, 1.54) is 31.2 Å². The molecule has 0 amide bonds. The summed E-state index contributed by atoms with van der Waals surface area (Å²) in [7, 11) is 0. The summed E-state index contributed by atoms with van der Waals surface area (Å²) in [6, 6.07) is 19.4. The number of nitrogens with zero attached hydrogens (tertiary/aromatic N) is 2. The van der Waals surface area contributed by atoms with Gasteiger partial charge in [0.05, 0.1) is 5.52 Å².